The zero-order valence-corrected chi connectivity index (χ0v) is 7.95. The first-order valence-corrected chi connectivity index (χ1v) is 4.64. The van der Waals surface area contributed by atoms with Crippen molar-refractivity contribution < 1.29 is 13.7 Å². The maximum absolute atomic E-state index is 11.3. The lowest BCUT2D eigenvalue weighted by Gasteiger charge is -1.97. The Kier molecular flexibility index (Phi) is 3.07. The van der Waals surface area contributed by atoms with Crippen LogP contribution in [0.1, 0.15) is 0 Å². The summed E-state index contributed by atoms with van der Waals surface area (Å²) in [6, 6.07) is 0. The average Bonchev–Trinajstić information content (AvgIpc) is 2.51. The molecule has 0 radical (unpaired) electrons. The second-order valence-electron chi connectivity index (χ2n) is 2.15. The first-order valence-electron chi connectivity index (χ1n) is 3.32. The first kappa shape index (κ1) is 9.78. The van der Waals surface area contributed by atoms with Crippen molar-refractivity contribution in [3.05, 3.63) is 0 Å². The number of esters is 1. The number of nitrogens with zero attached hydrogens (tertiary/aromatic N) is 4. The fourth-order valence-electron chi connectivity index (χ4n) is 0.645. The molecular formula is C5H8N4O3S. The second-order valence-corrected chi connectivity index (χ2v) is 3.50. The highest BCUT2D eigenvalue weighted by atomic mass is 32.2. The van der Waals surface area contributed by atoms with Crippen molar-refractivity contribution >= 4 is 16.8 Å². The standard InChI is InChI=1S/C5H8N4O3S/c1-9-5(6-7-8-9)13(11)3-4(10)12-2/h3H2,1-2H3. The molecule has 0 aliphatic heterocycles. The van der Waals surface area contributed by atoms with Gasteiger partial charge in [0.1, 0.15) is 16.6 Å². The van der Waals surface area contributed by atoms with Crippen LogP contribution in [-0.2, 0) is 27.4 Å². The Morgan fingerprint density at radius 1 is 1.69 bits per heavy atom. The predicted octanol–water partition coefficient (Wildman–Crippen LogP) is -1.51. The van der Waals surface area contributed by atoms with Crippen LogP contribution in [0.3, 0.4) is 0 Å². The van der Waals surface area contributed by atoms with Crippen LogP contribution >= 0.6 is 0 Å². The lowest BCUT2D eigenvalue weighted by atomic mass is 10.8. The zero-order valence-electron chi connectivity index (χ0n) is 7.13. The predicted molar refractivity (Wildman–Crippen MR) is 42.1 cm³/mol. The van der Waals surface area contributed by atoms with Crippen LogP contribution in [0.2, 0.25) is 0 Å². The van der Waals surface area contributed by atoms with Crippen LogP contribution in [0.5, 0.6) is 0 Å². The number of aromatic nitrogens is 4. The monoisotopic (exact) mass is 204 g/mol. The molecule has 8 heteroatoms. The summed E-state index contributed by atoms with van der Waals surface area (Å²) in [5.41, 5.74) is 0. The Balaban J connectivity index is 2.69. The molecule has 0 saturated carbocycles. The molecule has 7 nitrogen and oxygen atoms in total. The Morgan fingerprint density at radius 3 is 2.85 bits per heavy atom. The number of ether oxygens (including phenoxy) is 1. The molecule has 1 heterocycles. The van der Waals surface area contributed by atoms with Gasteiger partial charge in [-0.2, -0.15) is 0 Å². The quantitative estimate of drug-likeness (QED) is 0.556. The highest BCUT2D eigenvalue weighted by Crippen LogP contribution is 1.98. The molecule has 1 aromatic heterocycles. The second kappa shape index (κ2) is 4.08. The van der Waals surface area contributed by atoms with E-state index in [9.17, 15) is 9.00 Å². The third-order valence-corrected chi connectivity index (χ3v) is 2.51. The maximum atomic E-state index is 11.3. The molecule has 0 spiro atoms. The van der Waals surface area contributed by atoms with Gasteiger partial charge in [-0.1, -0.05) is 5.10 Å². The zero-order chi connectivity index (χ0) is 9.84. The third-order valence-electron chi connectivity index (χ3n) is 1.26. The molecule has 72 valence electrons. The van der Waals surface area contributed by atoms with Gasteiger partial charge in [-0.3, -0.25) is 9.00 Å². The minimum atomic E-state index is -1.54. The van der Waals surface area contributed by atoms with Gasteiger partial charge >= 0.3 is 5.97 Å². The molecule has 1 unspecified atom stereocenters. The molecule has 13 heavy (non-hydrogen) atoms. The summed E-state index contributed by atoms with van der Waals surface area (Å²) in [6.07, 6.45) is 0. The van der Waals surface area contributed by atoms with E-state index in [0.29, 0.717) is 0 Å². The summed E-state index contributed by atoms with van der Waals surface area (Å²) in [5, 5.41) is 10.4. The van der Waals surface area contributed by atoms with Crippen LogP contribution in [-0.4, -0.2) is 43.2 Å². The van der Waals surface area contributed by atoms with Gasteiger partial charge in [0.05, 0.1) is 7.11 Å². The smallest absolute Gasteiger partial charge is 0.318 e. The number of hydrogen-bond donors (Lipinski definition) is 0. The van der Waals surface area contributed by atoms with E-state index >= 15 is 0 Å². The van der Waals surface area contributed by atoms with Crippen molar-refractivity contribution in [3.63, 3.8) is 0 Å². The highest BCUT2D eigenvalue weighted by Gasteiger charge is 2.15. The van der Waals surface area contributed by atoms with Crippen LogP contribution in [0.4, 0.5) is 0 Å². The highest BCUT2D eigenvalue weighted by molar-refractivity contribution is 7.85. The van der Waals surface area contributed by atoms with Gasteiger partial charge in [-0.15, -0.1) is 0 Å². The third kappa shape index (κ3) is 2.31. The Labute approximate surface area is 76.5 Å². The molecule has 1 atom stereocenters. The van der Waals surface area contributed by atoms with E-state index < -0.39 is 16.8 Å². The Hall–Kier alpha value is -1.31. The number of methoxy groups -OCH3 is 1. The topological polar surface area (TPSA) is 87.0 Å². The number of hydrogen-bond acceptors (Lipinski definition) is 6. The molecule has 0 amide bonds. The van der Waals surface area contributed by atoms with E-state index in [2.05, 4.69) is 20.3 Å². The van der Waals surface area contributed by atoms with Gasteiger partial charge < -0.3 is 4.74 Å². The SMILES string of the molecule is COC(=O)CS(=O)c1nnnn1C. The maximum Gasteiger partial charge on any atom is 0.318 e. The van der Waals surface area contributed by atoms with Crippen molar-refractivity contribution in [2.75, 3.05) is 12.9 Å². The van der Waals surface area contributed by atoms with E-state index in [1.807, 2.05) is 0 Å². The largest absolute Gasteiger partial charge is 0.468 e. The minimum absolute atomic E-state index is 0.158. The summed E-state index contributed by atoms with van der Waals surface area (Å²) in [4.78, 5) is 10.7. The first-order chi connectivity index (χ1) is 6.15. The molecule has 0 N–H and O–H groups in total. The van der Waals surface area contributed by atoms with E-state index in [-0.39, 0.29) is 10.9 Å². The molecule has 0 bridgehead atoms. The lowest BCUT2D eigenvalue weighted by Crippen LogP contribution is -2.15. The number of rotatable bonds is 3. The summed E-state index contributed by atoms with van der Waals surface area (Å²) < 4.78 is 16.9. The molecule has 0 aromatic carbocycles. The van der Waals surface area contributed by atoms with Gasteiger partial charge in [0.2, 0.25) is 5.16 Å². The lowest BCUT2D eigenvalue weighted by molar-refractivity contribution is -0.137. The summed E-state index contributed by atoms with van der Waals surface area (Å²) in [6.45, 7) is 0. The van der Waals surface area contributed by atoms with Gasteiger partial charge in [0.15, 0.2) is 0 Å². The molecule has 0 aliphatic carbocycles. The van der Waals surface area contributed by atoms with E-state index in [1.165, 1.54) is 11.8 Å². The van der Waals surface area contributed by atoms with Gasteiger partial charge in [-0.05, 0) is 10.4 Å². The van der Waals surface area contributed by atoms with Crippen molar-refractivity contribution in [2.24, 2.45) is 7.05 Å². The molecular weight excluding hydrogens is 196 g/mol. The van der Waals surface area contributed by atoms with E-state index in [1.54, 1.807) is 7.05 Å². The van der Waals surface area contributed by atoms with Crippen molar-refractivity contribution in [1.29, 1.82) is 0 Å². The van der Waals surface area contributed by atoms with Crippen LogP contribution in [0.15, 0.2) is 5.16 Å². The minimum Gasteiger partial charge on any atom is -0.468 e. The molecule has 1 aromatic rings. The number of tetrazole rings is 1. The van der Waals surface area contributed by atoms with E-state index in [4.69, 9.17) is 0 Å². The molecule has 0 fully saturated rings. The van der Waals surface area contributed by atoms with Crippen molar-refractivity contribution in [1.82, 2.24) is 20.2 Å². The van der Waals surface area contributed by atoms with Crippen molar-refractivity contribution in [3.8, 4) is 0 Å². The summed E-state index contributed by atoms with van der Waals surface area (Å²) >= 11 is 0. The number of carbonyl (C=O) groups excluding carboxylic acids is 1. The average molecular weight is 204 g/mol. The number of carbonyl (C=O) groups is 1. The number of aryl methyl sites for hydroxylation is 1. The van der Waals surface area contributed by atoms with E-state index in [0.717, 1.165) is 0 Å². The fourth-order valence-corrected chi connectivity index (χ4v) is 1.56. The van der Waals surface area contributed by atoms with Gasteiger partial charge in [0.25, 0.3) is 0 Å². The Morgan fingerprint density at radius 2 is 2.38 bits per heavy atom. The van der Waals surface area contributed by atoms with Crippen molar-refractivity contribution in [2.45, 2.75) is 5.16 Å². The van der Waals surface area contributed by atoms with Gasteiger partial charge in [0, 0.05) is 7.05 Å². The Bertz CT molecular complexity index is 336. The van der Waals surface area contributed by atoms with Gasteiger partial charge in [-0.25, -0.2) is 4.68 Å². The fraction of sp³-hybridized carbons (Fsp3) is 0.600. The molecule has 1 rings (SSSR count). The summed E-state index contributed by atoms with van der Waals surface area (Å²) in [7, 11) is 1.24. The van der Waals surface area contributed by atoms with Crippen LogP contribution in [0, 0.1) is 0 Å². The summed E-state index contributed by atoms with van der Waals surface area (Å²) in [5.74, 6) is -0.786. The molecule has 0 aliphatic rings. The normalized spacial score (nSPS) is 12.5. The molecule has 0 saturated heterocycles. The van der Waals surface area contributed by atoms with Crippen LogP contribution < -0.4 is 0 Å². The van der Waals surface area contributed by atoms with Crippen LogP contribution in [0.25, 0.3) is 0 Å².